The molecule has 0 amide bonds. The molecule has 1 fully saturated rings. The minimum absolute atomic E-state index is 0.595. The maximum absolute atomic E-state index is 5.24. The van der Waals surface area contributed by atoms with Crippen molar-refractivity contribution in [2.75, 3.05) is 19.6 Å². The monoisotopic (exact) mass is 294 g/mol. The molecular formula is C16H30N4O. The van der Waals surface area contributed by atoms with Crippen molar-refractivity contribution in [3.8, 4) is 0 Å². The van der Waals surface area contributed by atoms with Crippen LogP contribution in [0, 0.1) is 18.8 Å². The molecule has 0 aromatic carbocycles. The third-order valence-corrected chi connectivity index (χ3v) is 4.25. The van der Waals surface area contributed by atoms with E-state index >= 15 is 0 Å². The zero-order valence-corrected chi connectivity index (χ0v) is 14.1. The normalized spacial score (nSPS) is 24.1. The summed E-state index contributed by atoms with van der Waals surface area (Å²) in [4.78, 5) is 6.92. The van der Waals surface area contributed by atoms with Crippen LogP contribution < -0.4 is 5.32 Å². The number of nitrogens with one attached hydrogen (secondary N) is 1. The predicted octanol–water partition coefficient (Wildman–Crippen LogP) is 2.27. The first-order valence-corrected chi connectivity index (χ1v) is 8.22. The Morgan fingerprint density at radius 1 is 1.33 bits per heavy atom. The van der Waals surface area contributed by atoms with Crippen LogP contribution in [0.25, 0.3) is 0 Å². The van der Waals surface area contributed by atoms with Gasteiger partial charge in [-0.1, -0.05) is 32.9 Å². The number of nitrogens with zero attached hydrogens (tertiary/aromatic N) is 3. The van der Waals surface area contributed by atoms with E-state index in [0.29, 0.717) is 18.0 Å². The number of hydrogen-bond donors (Lipinski definition) is 1. The van der Waals surface area contributed by atoms with Gasteiger partial charge in [-0.2, -0.15) is 4.98 Å². The van der Waals surface area contributed by atoms with Crippen molar-refractivity contribution in [2.45, 2.75) is 59.5 Å². The van der Waals surface area contributed by atoms with Crippen LogP contribution in [-0.4, -0.2) is 46.8 Å². The molecule has 2 unspecified atom stereocenters. The van der Waals surface area contributed by atoms with Gasteiger partial charge in [0.25, 0.3) is 0 Å². The van der Waals surface area contributed by atoms with E-state index in [-0.39, 0.29) is 0 Å². The number of aromatic nitrogens is 2. The van der Waals surface area contributed by atoms with Crippen molar-refractivity contribution < 1.29 is 4.52 Å². The third-order valence-electron chi connectivity index (χ3n) is 4.25. The second kappa shape index (κ2) is 7.36. The molecule has 5 nitrogen and oxygen atoms in total. The highest BCUT2D eigenvalue weighted by Crippen LogP contribution is 2.18. The fraction of sp³-hybridized carbons (Fsp3) is 0.875. The van der Waals surface area contributed by atoms with Crippen molar-refractivity contribution in [3.63, 3.8) is 0 Å². The van der Waals surface area contributed by atoms with Gasteiger partial charge in [0.1, 0.15) is 0 Å². The molecule has 5 heteroatoms. The first kappa shape index (κ1) is 16.4. The van der Waals surface area contributed by atoms with E-state index in [0.717, 1.165) is 43.7 Å². The predicted molar refractivity (Wildman–Crippen MR) is 84.2 cm³/mol. The molecule has 0 radical (unpaired) electrons. The molecule has 1 aliphatic heterocycles. The SMILES string of the molecule is Cc1noc(CCN2CC(CC(C)C)NCC2C(C)C)n1. The Bertz CT molecular complexity index is 430. The Kier molecular flexibility index (Phi) is 5.76. The molecule has 2 atom stereocenters. The Balaban J connectivity index is 1.93. The Labute approximate surface area is 128 Å². The summed E-state index contributed by atoms with van der Waals surface area (Å²) >= 11 is 0. The highest BCUT2D eigenvalue weighted by Gasteiger charge is 2.30. The summed E-state index contributed by atoms with van der Waals surface area (Å²) in [6, 6.07) is 1.20. The number of piperazine rings is 1. The van der Waals surface area contributed by atoms with E-state index in [2.05, 4.69) is 48.1 Å². The van der Waals surface area contributed by atoms with E-state index in [4.69, 9.17) is 4.52 Å². The molecule has 1 aliphatic rings. The zero-order valence-electron chi connectivity index (χ0n) is 14.1. The topological polar surface area (TPSA) is 54.2 Å². The van der Waals surface area contributed by atoms with Crippen LogP contribution in [0.4, 0.5) is 0 Å². The van der Waals surface area contributed by atoms with Crippen molar-refractivity contribution in [1.82, 2.24) is 20.4 Å². The fourth-order valence-corrected chi connectivity index (χ4v) is 3.22. The summed E-state index contributed by atoms with van der Waals surface area (Å²) < 4.78 is 5.24. The smallest absolute Gasteiger partial charge is 0.227 e. The molecule has 0 saturated carbocycles. The Hall–Kier alpha value is -0.940. The van der Waals surface area contributed by atoms with Crippen molar-refractivity contribution in [1.29, 1.82) is 0 Å². The average Bonchev–Trinajstić information content (AvgIpc) is 2.81. The quantitative estimate of drug-likeness (QED) is 0.872. The highest BCUT2D eigenvalue weighted by atomic mass is 16.5. The molecule has 2 heterocycles. The van der Waals surface area contributed by atoms with Gasteiger partial charge in [0, 0.05) is 38.1 Å². The number of aryl methyl sites for hydroxylation is 1. The molecule has 120 valence electrons. The molecule has 1 saturated heterocycles. The van der Waals surface area contributed by atoms with E-state index in [1.54, 1.807) is 0 Å². The van der Waals surface area contributed by atoms with Crippen LogP contribution >= 0.6 is 0 Å². The molecule has 1 N–H and O–H groups in total. The van der Waals surface area contributed by atoms with Gasteiger partial charge >= 0.3 is 0 Å². The minimum atomic E-state index is 0.595. The third kappa shape index (κ3) is 4.78. The Morgan fingerprint density at radius 3 is 2.67 bits per heavy atom. The van der Waals surface area contributed by atoms with Crippen LogP contribution in [0.1, 0.15) is 45.8 Å². The number of rotatable bonds is 6. The maximum atomic E-state index is 5.24. The molecule has 0 aliphatic carbocycles. The summed E-state index contributed by atoms with van der Waals surface area (Å²) in [7, 11) is 0. The second-order valence-corrected chi connectivity index (χ2v) is 7.03. The lowest BCUT2D eigenvalue weighted by atomic mass is 9.95. The lowest BCUT2D eigenvalue weighted by molar-refractivity contribution is 0.0910. The molecular weight excluding hydrogens is 264 g/mol. The van der Waals surface area contributed by atoms with Crippen molar-refractivity contribution >= 4 is 0 Å². The molecule has 1 aromatic rings. The summed E-state index contributed by atoms with van der Waals surface area (Å²) in [5, 5.41) is 7.59. The van der Waals surface area contributed by atoms with Crippen LogP contribution in [0.15, 0.2) is 4.52 Å². The van der Waals surface area contributed by atoms with E-state index in [1.807, 2.05) is 6.92 Å². The van der Waals surface area contributed by atoms with Crippen molar-refractivity contribution in [2.24, 2.45) is 11.8 Å². The summed E-state index contributed by atoms with van der Waals surface area (Å²) in [6.45, 7) is 14.3. The summed E-state index contributed by atoms with van der Waals surface area (Å²) in [5.41, 5.74) is 0. The summed E-state index contributed by atoms with van der Waals surface area (Å²) in [6.07, 6.45) is 2.08. The van der Waals surface area contributed by atoms with E-state index in [1.165, 1.54) is 6.42 Å². The summed E-state index contributed by atoms with van der Waals surface area (Å²) in [5.74, 6) is 2.87. The van der Waals surface area contributed by atoms with Gasteiger partial charge in [0.2, 0.25) is 5.89 Å². The van der Waals surface area contributed by atoms with E-state index < -0.39 is 0 Å². The fourth-order valence-electron chi connectivity index (χ4n) is 3.22. The largest absolute Gasteiger partial charge is 0.339 e. The van der Waals surface area contributed by atoms with Crippen LogP contribution in [0.2, 0.25) is 0 Å². The van der Waals surface area contributed by atoms with Gasteiger partial charge in [0.05, 0.1) is 0 Å². The molecule has 1 aromatic heterocycles. The Morgan fingerprint density at radius 2 is 2.10 bits per heavy atom. The minimum Gasteiger partial charge on any atom is -0.339 e. The van der Waals surface area contributed by atoms with Gasteiger partial charge in [-0.05, 0) is 25.2 Å². The molecule has 0 spiro atoms. The molecule has 21 heavy (non-hydrogen) atoms. The number of hydrogen-bond acceptors (Lipinski definition) is 5. The van der Waals surface area contributed by atoms with Gasteiger partial charge in [-0.25, -0.2) is 0 Å². The van der Waals surface area contributed by atoms with E-state index in [9.17, 15) is 0 Å². The average molecular weight is 294 g/mol. The zero-order chi connectivity index (χ0) is 15.4. The maximum Gasteiger partial charge on any atom is 0.227 e. The second-order valence-electron chi connectivity index (χ2n) is 7.03. The standard InChI is InChI=1S/C16H30N4O/c1-11(2)8-14-10-20(15(9-17-14)12(3)4)7-6-16-18-13(5)19-21-16/h11-12,14-15,17H,6-10H2,1-5H3. The lowest BCUT2D eigenvalue weighted by Crippen LogP contribution is -2.58. The lowest BCUT2D eigenvalue weighted by Gasteiger charge is -2.42. The van der Waals surface area contributed by atoms with Gasteiger partial charge in [-0.15, -0.1) is 0 Å². The van der Waals surface area contributed by atoms with Crippen LogP contribution in [0.5, 0.6) is 0 Å². The van der Waals surface area contributed by atoms with Crippen molar-refractivity contribution in [3.05, 3.63) is 11.7 Å². The van der Waals surface area contributed by atoms with Crippen LogP contribution in [0.3, 0.4) is 0 Å². The highest BCUT2D eigenvalue weighted by molar-refractivity contribution is 4.90. The van der Waals surface area contributed by atoms with Gasteiger partial charge < -0.3 is 9.84 Å². The molecule has 2 rings (SSSR count). The van der Waals surface area contributed by atoms with Crippen LogP contribution in [-0.2, 0) is 6.42 Å². The van der Waals surface area contributed by atoms with Gasteiger partial charge in [0.15, 0.2) is 5.82 Å². The first-order chi connectivity index (χ1) is 9.95. The molecule has 0 bridgehead atoms. The first-order valence-electron chi connectivity index (χ1n) is 8.22. The van der Waals surface area contributed by atoms with Gasteiger partial charge in [-0.3, -0.25) is 4.90 Å².